The van der Waals surface area contributed by atoms with Gasteiger partial charge in [-0.25, -0.2) is 4.39 Å². The highest BCUT2D eigenvalue weighted by Crippen LogP contribution is 2.18. The van der Waals surface area contributed by atoms with Crippen LogP contribution in [-0.2, 0) is 25.5 Å². The van der Waals surface area contributed by atoms with E-state index in [1.165, 1.54) is 32.2 Å². The fourth-order valence-corrected chi connectivity index (χ4v) is 1.93. The number of carbonyl (C=O) groups excluding carboxylic acids is 3. The molecule has 1 rings (SSSR count). The highest BCUT2D eigenvalue weighted by Gasteiger charge is 2.16. The molecular formula is C17H23FN2O5. The first-order valence-corrected chi connectivity index (χ1v) is 7.92. The summed E-state index contributed by atoms with van der Waals surface area (Å²) in [6.07, 6.45) is 0.608. The highest BCUT2D eigenvalue weighted by atomic mass is 19.1. The van der Waals surface area contributed by atoms with Gasteiger partial charge in [0.15, 0.2) is 18.2 Å². The van der Waals surface area contributed by atoms with Gasteiger partial charge in [0.25, 0.3) is 5.91 Å². The molecule has 0 saturated carbocycles. The van der Waals surface area contributed by atoms with Crippen molar-refractivity contribution in [1.29, 1.82) is 0 Å². The lowest BCUT2D eigenvalue weighted by Crippen LogP contribution is -2.46. The number of rotatable bonds is 9. The van der Waals surface area contributed by atoms with Crippen molar-refractivity contribution in [1.82, 2.24) is 10.6 Å². The maximum absolute atomic E-state index is 13.5. The Bertz CT molecular complexity index is 621. The van der Waals surface area contributed by atoms with Crippen LogP contribution < -0.4 is 15.4 Å². The summed E-state index contributed by atoms with van der Waals surface area (Å²) in [7, 11) is 1.34. The topological polar surface area (TPSA) is 93.7 Å². The summed E-state index contributed by atoms with van der Waals surface area (Å²) in [6.45, 7) is 3.46. The van der Waals surface area contributed by atoms with Gasteiger partial charge in [0.1, 0.15) is 6.04 Å². The number of methoxy groups -OCH3 is 1. The molecule has 0 unspecified atom stereocenters. The summed E-state index contributed by atoms with van der Waals surface area (Å²) in [5.74, 6) is -2.09. The Morgan fingerprint density at radius 3 is 2.60 bits per heavy atom. The van der Waals surface area contributed by atoms with Crippen LogP contribution in [0.5, 0.6) is 5.75 Å². The molecular weight excluding hydrogens is 331 g/mol. The van der Waals surface area contributed by atoms with Crippen LogP contribution in [0.25, 0.3) is 0 Å². The summed E-state index contributed by atoms with van der Waals surface area (Å²) in [5.41, 5.74) is 0.399. The average Bonchev–Trinajstić information content (AvgIpc) is 2.58. The minimum atomic E-state index is -0.728. The second kappa shape index (κ2) is 10.3. The first-order valence-electron chi connectivity index (χ1n) is 7.92. The average molecular weight is 354 g/mol. The van der Waals surface area contributed by atoms with Crippen molar-refractivity contribution in [2.75, 3.05) is 20.3 Å². The summed E-state index contributed by atoms with van der Waals surface area (Å²) < 4.78 is 23.2. The van der Waals surface area contributed by atoms with E-state index in [0.717, 1.165) is 6.42 Å². The van der Waals surface area contributed by atoms with Crippen molar-refractivity contribution in [2.45, 2.75) is 32.7 Å². The third-order valence-corrected chi connectivity index (χ3v) is 3.25. The molecule has 0 heterocycles. The molecule has 0 bridgehead atoms. The Balaban J connectivity index is 2.39. The van der Waals surface area contributed by atoms with Crippen molar-refractivity contribution in [3.63, 3.8) is 0 Å². The molecule has 7 nitrogen and oxygen atoms in total. The van der Waals surface area contributed by atoms with Gasteiger partial charge in [0.2, 0.25) is 5.91 Å². The third-order valence-electron chi connectivity index (χ3n) is 3.25. The molecule has 25 heavy (non-hydrogen) atoms. The normalized spacial score (nSPS) is 11.4. The first kappa shape index (κ1) is 20.4. The van der Waals surface area contributed by atoms with Gasteiger partial charge < -0.3 is 20.1 Å². The van der Waals surface area contributed by atoms with Crippen molar-refractivity contribution >= 4 is 17.8 Å². The fraction of sp³-hybridized carbons (Fsp3) is 0.471. The molecule has 2 amide bonds. The Morgan fingerprint density at radius 2 is 2.00 bits per heavy atom. The molecule has 0 aromatic heterocycles. The number of nitrogens with one attached hydrogen (secondary N) is 2. The van der Waals surface area contributed by atoms with Gasteiger partial charge in [0, 0.05) is 6.54 Å². The molecule has 1 aromatic rings. The van der Waals surface area contributed by atoms with Gasteiger partial charge in [-0.3, -0.25) is 14.4 Å². The van der Waals surface area contributed by atoms with E-state index in [-0.39, 0.29) is 18.1 Å². The fourth-order valence-electron chi connectivity index (χ4n) is 1.93. The number of esters is 1. The molecule has 0 spiro atoms. The van der Waals surface area contributed by atoms with E-state index >= 15 is 0 Å². The minimum Gasteiger partial charge on any atom is -0.494 e. The van der Waals surface area contributed by atoms with E-state index in [4.69, 9.17) is 9.47 Å². The summed E-state index contributed by atoms with van der Waals surface area (Å²) in [5, 5.41) is 5.07. The Labute approximate surface area is 145 Å². The SMILES string of the molecule is CCCNC(=O)[C@@H](C)NC(=O)COC(=O)Cc1ccc(OC)c(F)c1. The molecule has 0 fully saturated rings. The van der Waals surface area contributed by atoms with Gasteiger partial charge in [-0.1, -0.05) is 13.0 Å². The molecule has 0 aliphatic carbocycles. The van der Waals surface area contributed by atoms with Crippen LogP contribution in [0.4, 0.5) is 4.39 Å². The maximum atomic E-state index is 13.5. The molecule has 0 aliphatic heterocycles. The second-order valence-electron chi connectivity index (χ2n) is 5.39. The summed E-state index contributed by atoms with van der Waals surface area (Å²) in [6, 6.07) is 3.37. The zero-order chi connectivity index (χ0) is 18.8. The lowest BCUT2D eigenvalue weighted by Gasteiger charge is -2.13. The maximum Gasteiger partial charge on any atom is 0.310 e. The van der Waals surface area contributed by atoms with Crippen molar-refractivity contribution in [3.05, 3.63) is 29.6 Å². The van der Waals surface area contributed by atoms with Crippen LogP contribution in [0.2, 0.25) is 0 Å². The van der Waals surface area contributed by atoms with E-state index in [0.29, 0.717) is 12.1 Å². The highest BCUT2D eigenvalue weighted by molar-refractivity contribution is 5.88. The van der Waals surface area contributed by atoms with Crippen LogP contribution in [-0.4, -0.2) is 44.1 Å². The largest absolute Gasteiger partial charge is 0.494 e. The zero-order valence-corrected chi connectivity index (χ0v) is 14.6. The van der Waals surface area contributed by atoms with Crippen molar-refractivity contribution in [3.8, 4) is 5.75 Å². The Hall–Kier alpha value is -2.64. The van der Waals surface area contributed by atoms with Gasteiger partial charge in [0.05, 0.1) is 13.5 Å². The zero-order valence-electron chi connectivity index (χ0n) is 14.6. The molecule has 0 aliphatic rings. The van der Waals surface area contributed by atoms with Gasteiger partial charge in [-0.15, -0.1) is 0 Å². The van der Waals surface area contributed by atoms with Crippen LogP contribution in [0.15, 0.2) is 18.2 Å². The molecule has 0 saturated heterocycles. The van der Waals surface area contributed by atoms with Crippen LogP contribution in [0, 0.1) is 5.82 Å². The lowest BCUT2D eigenvalue weighted by molar-refractivity contribution is -0.148. The number of hydrogen-bond donors (Lipinski definition) is 2. The number of amides is 2. The molecule has 2 N–H and O–H groups in total. The van der Waals surface area contributed by atoms with Crippen molar-refractivity contribution < 1.29 is 28.2 Å². The third kappa shape index (κ3) is 7.19. The standard InChI is InChI=1S/C17H23FN2O5/c1-4-7-19-17(23)11(2)20-15(21)10-25-16(22)9-12-5-6-14(24-3)13(18)8-12/h5-6,8,11H,4,7,9-10H2,1-3H3,(H,19,23)(H,20,21)/t11-/m1/s1. The van der Waals surface area contributed by atoms with E-state index in [1.54, 1.807) is 0 Å². The van der Waals surface area contributed by atoms with Gasteiger partial charge in [-0.05, 0) is 31.0 Å². The lowest BCUT2D eigenvalue weighted by atomic mass is 10.1. The van der Waals surface area contributed by atoms with E-state index in [2.05, 4.69) is 10.6 Å². The van der Waals surface area contributed by atoms with Gasteiger partial charge >= 0.3 is 5.97 Å². The summed E-state index contributed by atoms with van der Waals surface area (Å²) in [4.78, 5) is 35.0. The number of ether oxygens (including phenoxy) is 2. The van der Waals surface area contributed by atoms with E-state index < -0.39 is 30.3 Å². The van der Waals surface area contributed by atoms with Crippen LogP contribution >= 0.6 is 0 Å². The van der Waals surface area contributed by atoms with Crippen LogP contribution in [0.3, 0.4) is 0 Å². The minimum absolute atomic E-state index is 0.0758. The monoisotopic (exact) mass is 354 g/mol. The molecule has 138 valence electrons. The van der Waals surface area contributed by atoms with Crippen LogP contribution in [0.1, 0.15) is 25.8 Å². The Morgan fingerprint density at radius 1 is 1.28 bits per heavy atom. The number of halogens is 1. The quantitative estimate of drug-likeness (QED) is 0.644. The van der Waals surface area contributed by atoms with E-state index in [9.17, 15) is 18.8 Å². The smallest absolute Gasteiger partial charge is 0.310 e. The Kier molecular flexibility index (Phi) is 8.38. The predicted octanol–water partition coefficient (Wildman–Crippen LogP) is 0.951. The van der Waals surface area contributed by atoms with Gasteiger partial charge in [-0.2, -0.15) is 0 Å². The molecule has 8 heteroatoms. The molecule has 1 atom stereocenters. The first-order chi connectivity index (χ1) is 11.9. The number of carbonyl (C=O) groups is 3. The summed E-state index contributed by atoms with van der Waals surface area (Å²) >= 11 is 0. The number of benzene rings is 1. The van der Waals surface area contributed by atoms with E-state index in [1.807, 2.05) is 6.92 Å². The predicted molar refractivity (Wildman–Crippen MR) is 88.5 cm³/mol. The molecule has 1 aromatic carbocycles. The number of hydrogen-bond acceptors (Lipinski definition) is 5. The second-order valence-corrected chi connectivity index (χ2v) is 5.39. The van der Waals surface area contributed by atoms with Crippen molar-refractivity contribution in [2.24, 2.45) is 0 Å². The molecule has 0 radical (unpaired) electrons.